The third-order valence-electron chi connectivity index (χ3n) is 2.96. The molecular formula is C12H14N4O4S. The summed E-state index contributed by atoms with van der Waals surface area (Å²) in [5.41, 5.74) is 0.683. The molecule has 1 aromatic carbocycles. The Morgan fingerprint density at radius 1 is 1.38 bits per heavy atom. The topological polar surface area (TPSA) is 109 Å². The smallest absolute Gasteiger partial charge is 0.273 e. The highest BCUT2D eigenvalue weighted by molar-refractivity contribution is 7.88. The number of aromatic nitrogens is 2. The number of nitrogens with zero attached hydrogens (tertiary/aromatic N) is 3. The first-order valence-corrected chi connectivity index (χ1v) is 7.65. The lowest BCUT2D eigenvalue weighted by atomic mass is 10.2. The Hall–Kier alpha value is -2.26. The molecule has 0 amide bonds. The lowest BCUT2D eigenvalue weighted by molar-refractivity contribution is -0.385. The maximum Gasteiger partial charge on any atom is 0.273 e. The maximum absolute atomic E-state index is 12.3. The van der Waals surface area contributed by atoms with Gasteiger partial charge in [0.25, 0.3) is 5.69 Å². The van der Waals surface area contributed by atoms with Crippen molar-refractivity contribution in [3.8, 4) is 0 Å². The van der Waals surface area contributed by atoms with Gasteiger partial charge in [0.05, 0.1) is 16.9 Å². The average molecular weight is 310 g/mol. The van der Waals surface area contributed by atoms with Crippen LogP contribution in [0.5, 0.6) is 0 Å². The lowest BCUT2D eigenvalue weighted by Gasteiger charge is -2.16. The molecule has 1 N–H and O–H groups in total. The van der Waals surface area contributed by atoms with Crippen LogP contribution in [0, 0.1) is 10.1 Å². The number of sulfonamides is 1. The van der Waals surface area contributed by atoms with Crippen LogP contribution in [0.1, 0.15) is 11.1 Å². The van der Waals surface area contributed by atoms with Gasteiger partial charge in [-0.05, 0) is 0 Å². The fourth-order valence-corrected chi connectivity index (χ4v) is 3.04. The molecule has 9 heteroatoms. The van der Waals surface area contributed by atoms with Gasteiger partial charge < -0.3 is 0 Å². The molecule has 112 valence electrons. The zero-order valence-electron chi connectivity index (χ0n) is 11.3. The molecule has 2 aromatic rings. The highest BCUT2D eigenvalue weighted by Gasteiger charge is 2.23. The van der Waals surface area contributed by atoms with Crippen LogP contribution in [0.3, 0.4) is 0 Å². The molecule has 8 nitrogen and oxygen atoms in total. The maximum atomic E-state index is 12.3. The van der Waals surface area contributed by atoms with Crippen molar-refractivity contribution in [2.24, 2.45) is 0 Å². The highest BCUT2D eigenvalue weighted by atomic mass is 32.2. The zero-order valence-corrected chi connectivity index (χ0v) is 12.1. The number of hydrogen-bond donors (Lipinski definition) is 1. The van der Waals surface area contributed by atoms with Crippen molar-refractivity contribution < 1.29 is 13.3 Å². The van der Waals surface area contributed by atoms with E-state index < -0.39 is 20.7 Å². The molecule has 0 fully saturated rings. The minimum Gasteiger partial charge on any atom is -0.285 e. The molecule has 1 heterocycles. The van der Waals surface area contributed by atoms with E-state index in [1.54, 1.807) is 12.3 Å². The first kappa shape index (κ1) is 15.1. The number of nitro groups is 1. The number of nitrogens with one attached hydrogen (secondary N) is 1. The van der Waals surface area contributed by atoms with Gasteiger partial charge in [-0.1, -0.05) is 18.2 Å². The van der Waals surface area contributed by atoms with Crippen molar-refractivity contribution in [3.63, 3.8) is 0 Å². The average Bonchev–Trinajstić information content (AvgIpc) is 2.91. The van der Waals surface area contributed by atoms with Crippen LogP contribution < -0.4 is 0 Å². The van der Waals surface area contributed by atoms with Gasteiger partial charge in [-0.3, -0.25) is 15.2 Å². The predicted octanol–water partition coefficient (Wildman–Crippen LogP) is 1.28. The van der Waals surface area contributed by atoms with Crippen molar-refractivity contribution in [2.75, 3.05) is 7.05 Å². The van der Waals surface area contributed by atoms with E-state index in [-0.39, 0.29) is 17.8 Å². The van der Waals surface area contributed by atoms with E-state index in [0.717, 1.165) is 4.31 Å². The van der Waals surface area contributed by atoms with Gasteiger partial charge in [-0.2, -0.15) is 5.10 Å². The van der Waals surface area contributed by atoms with Crippen molar-refractivity contribution in [1.29, 1.82) is 0 Å². The van der Waals surface area contributed by atoms with Crippen LogP contribution >= 0.6 is 0 Å². The molecule has 0 saturated heterocycles. The van der Waals surface area contributed by atoms with E-state index in [9.17, 15) is 18.5 Å². The van der Waals surface area contributed by atoms with E-state index in [0.29, 0.717) is 5.56 Å². The van der Waals surface area contributed by atoms with Gasteiger partial charge in [0.2, 0.25) is 10.0 Å². The third kappa shape index (κ3) is 3.64. The van der Waals surface area contributed by atoms with E-state index >= 15 is 0 Å². The summed E-state index contributed by atoms with van der Waals surface area (Å²) in [7, 11) is -2.23. The second kappa shape index (κ2) is 6.02. The summed E-state index contributed by atoms with van der Waals surface area (Å²) in [6, 6.07) is 5.82. The van der Waals surface area contributed by atoms with Crippen LogP contribution in [0.2, 0.25) is 0 Å². The largest absolute Gasteiger partial charge is 0.285 e. The van der Waals surface area contributed by atoms with E-state index in [1.807, 2.05) is 0 Å². The van der Waals surface area contributed by atoms with Crippen LogP contribution in [0.4, 0.5) is 5.69 Å². The number of nitro benzene ring substituents is 1. The Bertz CT molecular complexity index is 727. The zero-order chi connectivity index (χ0) is 15.5. The molecule has 0 bridgehead atoms. The normalized spacial score (nSPS) is 11.7. The molecule has 0 aliphatic rings. The van der Waals surface area contributed by atoms with Crippen LogP contribution in [0.25, 0.3) is 0 Å². The molecule has 0 atom stereocenters. The minimum atomic E-state index is -3.66. The molecule has 0 radical (unpaired) electrons. The fourth-order valence-electron chi connectivity index (χ4n) is 1.84. The SMILES string of the molecule is CN(Cc1cn[nH]c1)S(=O)(=O)Cc1ccccc1[N+](=O)[O-]. The van der Waals surface area contributed by atoms with Crippen molar-refractivity contribution in [1.82, 2.24) is 14.5 Å². The second-order valence-corrected chi connectivity index (χ2v) is 6.58. The molecule has 0 saturated carbocycles. The molecule has 1 aromatic heterocycles. The Morgan fingerprint density at radius 2 is 2.10 bits per heavy atom. The Kier molecular flexibility index (Phi) is 4.34. The van der Waals surface area contributed by atoms with E-state index in [1.165, 1.54) is 31.4 Å². The van der Waals surface area contributed by atoms with Crippen molar-refractivity contribution >= 4 is 15.7 Å². The predicted molar refractivity (Wildman–Crippen MR) is 75.8 cm³/mol. The minimum absolute atomic E-state index is 0.152. The Labute approximate surface area is 121 Å². The highest BCUT2D eigenvalue weighted by Crippen LogP contribution is 2.21. The first-order valence-electron chi connectivity index (χ1n) is 6.04. The number of aromatic amines is 1. The monoisotopic (exact) mass is 310 g/mol. The molecule has 0 spiro atoms. The fraction of sp³-hybridized carbons (Fsp3) is 0.250. The van der Waals surface area contributed by atoms with Crippen LogP contribution in [-0.4, -0.2) is 34.9 Å². The van der Waals surface area contributed by atoms with Gasteiger partial charge in [0, 0.05) is 37.0 Å². The van der Waals surface area contributed by atoms with E-state index in [4.69, 9.17) is 0 Å². The summed E-state index contributed by atoms with van der Waals surface area (Å²) in [6.07, 6.45) is 3.12. The molecular weight excluding hydrogens is 296 g/mol. The summed E-state index contributed by atoms with van der Waals surface area (Å²) >= 11 is 0. The van der Waals surface area contributed by atoms with Crippen molar-refractivity contribution in [3.05, 3.63) is 57.9 Å². The Balaban J connectivity index is 2.19. The number of benzene rings is 1. The summed E-state index contributed by atoms with van der Waals surface area (Å²) in [4.78, 5) is 10.3. The van der Waals surface area contributed by atoms with Gasteiger partial charge in [-0.25, -0.2) is 12.7 Å². The standard InChI is InChI=1S/C12H14N4O4S/c1-15(8-10-6-13-14-7-10)21(19,20)9-11-4-2-3-5-12(11)16(17)18/h2-7H,8-9H2,1H3,(H,13,14). The third-order valence-corrected chi connectivity index (χ3v) is 4.72. The van der Waals surface area contributed by atoms with Gasteiger partial charge >= 0.3 is 0 Å². The lowest BCUT2D eigenvalue weighted by Crippen LogP contribution is -2.27. The van der Waals surface area contributed by atoms with Crippen LogP contribution in [0.15, 0.2) is 36.7 Å². The summed E-state index contributed by atoms with van der Waals surface area (Å²) in [5.74, 6) is -0.418. The summed E-state index contributed by atoms with van der Waals surface area (Å²) in [6.45, 7) is 0.152. The first-order chi connectivity index (χ1) is 9.90. The van der Waals surface area contributed by atoms with Gasteiger partial charge in [0.1, 0.15) is 0 Å². The van der Waals surface area contributed by atoms with Gasteiger partial charge in [0.15, 0.2) is 0 Å². The second-order valence-electron chi connectivity index (χ2n) is 4.50. The van der Waals surface area contributed by atoms with Crippen LogP contribution in [-0.2, 0) is 22.3 Å². The number of hydrogen-bond acceptors (Lipinski definition) is 5. The molecule has 0 unspecified atom stereocenters. The molecule has 2 rings (SSSR count). The molecule has 0 aliphatic carbocycles. The van der Waals surface area contributed by atoms with E-state index in [2.05, 4.69) is 10.2 Å². The van der Waals surface area contributed by atoms with Crippen molar-refractivity contribution in [2.45, 2.75) is 12.3 Å². The summed E-state index contributed by atoms with van der Waals surface area (Å²) < 4.78 is 25.7. The van der Waals surface area contributed by atoms with Gasteiger partial charge in [-0.15, -0.1) is 0 Å². The number of H-pyrrole nitrogens is 1. The number of para-hydroxylation sites is 1. The summed E-state index contributed by atoms with van der Waals surface area (Å²) in [5, 5.41) is 17.3. The Morgan fingerprint density at radius 3 is 2.71 bits per heavy atom. The quantitative estimate of drug-likeness (QED) is 0.638. The number of rotatable bonds is 6. The molecule has 0 aliphatic heterocycles. The molecule has 21 heavy (non-hydrogen) atoms.